The molecule has 0 aliphatic carbocycles. The number of tetrazole rings is 1. The third kappa shape index (κ3) is 3.86. The fourth-order valence-corrected chi connectivity index (χ4v) is 3.22. The van der Waals surface area contributed by atoms with E-state index in [4.69, 9.17) is 0 Å². The van der Waals surface area contributed by atoms with Gasteiger partial charge in [0.15, 0.2) is 0 Å². The number of benzene rings is 1. The SMILES string of the molecule is CC1CCN(c2ccc([C@@H](C)NC(=O)C(C)(C)n3cnnn3)cc2)CC1. The lowest BCUT2D eigenvalue weighted by Crippen LogP contribution is -2.45. The monoisotopic (exact) mass is 356 g/mol. The van der Waals surface area contributed by atoms with Crippen LogP contribution in [0.15, 0.2) is 30.6 Å². The maximum atomic E-state index is 12.7. The lowest BCUT2D eigenvalue weighted by molar-refractivity contribution is -0.129. The number of nitrogens with zero attached hydrogens (tertiary/aromatic N) is 5. The van der Waals surface area contributed by atoms with Gasteiger partial charge in [-0.25, -0.2) is 4.68 Å². The lowest BCUT2D eigenvalue weighted by atomic mass is 9.98. The molecule has 1 amide bonds. The average Bonchev–Trinajstić information content (AvgIpc) is 3.18. The van der Waals surface area contributed by atoms with Crippen LogP contribution in [0.25, 0.3) is 0 Å². The number of carbonyl (C=O) groups is 1. The molecule has 7 heteroatoms. The van der Waals surface area contributed by atoms with E-state index in [2.05, 4.69) is 56.9 Å². The van der Waals surface area contributed by atoms with Crippen molar-refractivity contribution in [3.63, 3.8) is 0 Å². The predicted molar refractivity (Wildman–Crippen MR) is 101 cm³/mol. The van der Waals surface area contributed by atoms with E-state index in [0.717, 1.165) is 24.6 Å². The Kier molecular flexibility index (Phi) is 5.25. The van der Waals surface area contributed by atoms with Gasteiger partial charge < -0.3 is 10.2 Å². The molecule has 1 aliphatic heterocycles. The normalized spacial score (nSPS) is 17.2. The molecule has 3 rings (SSSR count). The third-order valence-electron chi connectivity index (χ3n) is 5.37. The van der Waals surface area contributed by atoms with Crippen LogP contribution in [-0.2, 0) is 10.3 Å². The molecule has 1 aliphatic rings. The summed E-state index contributed by atoms with van der Waals surface area (Å²) in [5, 5.41) is 14.1. The summed E-state index contributed by atoms with van der Waals surface area (Å²) >= 11 is 0. The highest BCUT2D eigenvalue weighted by Gasteiger charge is 2.32. The van der Waals surface area contributed by atoms with Gasteiger partial charge in [0.05, 0.1) is 6.04 Å². The number of hydrogen-bond donors (Lipinski definition) is 1. The van der Waals surface area contributed by atoms with E-state index in [9.17, 15) is 4.79 Å². The Labute approximate surface area is 154 Å². The molecule has 1 aromatic heterocycles. The summed E-state index contributed by atoms with van der Waals surface area (Å²) in [4.78, 5) is 15.1. The van der Waals surface area contributed by atoms with Crippen LogP contribution in [-0.4, -0.2) is 39.2 Å². The second-order valence-corrected chi connectivity index (χ2v) is 7.77. The second kappa shape index (κ2) is 7.43. The van der Waals surface area contributed by atoms with E-state index < -0.39 is 5.54 Å². The Morgan fingerprint density at radius 1 is 1.23 bits per heavy atom. The summed E-state index contributed by atoms with van der Waals surface area (Å²) in [6.07, 6.45) is 3.96. The van der Waals surface area contributed by atoms with Crippen molar-refractivity contribution in [2.24, 2.45) is 5.92 Å². The molecule has 1 atom stereocenters. The molecule has 0 bridgehead atoms. The lowest BCUT2D eigenvalue weighted by Gasteiger charge is -2.32. The number of rotatable bonds is 5. The number of anilines is 1. The van der Waals surface area contributed by atoms with E-state index in [0.29, 0.717) is 0 Å². The maximum absolute atomic E-state index is 12.7. The zero-order valence-corrected chi connectivity index (χ0v) is 16.0. The molecular weight excluding hydrogens is 328 g/mol. The fourth-order valence-electron chi connectivity index (χ4n) is 3.22. The molecule has 1 fully saturated rings. The van der Waals surface area contributed by atoms with Gasteiger partial charge in [0, 0.05) is 18.8 Å². The number of nitrogens with one attached hydrogen (secondary N) is 1. The Morgan fingerprint density at radius 3 is 2.46 bits per heavy atom. The summed E-state index contributed by atoms with van der Waals surface area (Å²) < 4.78 is 1.47. The minimum Gasteiger partial charge on any atom is -0.372 e. The third-order valence-corrected chi connectivity index (χ3v) is 5.37. The van der Waals surface area contributed by atoms with Gasteiger partial charge in [-0.05, 0) is 67.7 Å². The van der Waals surface area contributed by atoms with Crippen molar-refractivity contribution in [1.82, 2.24) is 25.5 Å². The van der Waals surface area contributed by atoms with Crippen LogP contribution >= 0.6 is 0 Å². The standard InChI is InChI=1S/C19H28N6O/c1-14-9-11-24(12-10-14)17-7-5-16(6-8-17)15(2)21-18(26)19(3,4)25-13-20-22-23-25/h5-8,13-15H,9-12H2,1-4H3,(H,21,26)/t15-/m1/s1. The molecule has 0 unspecified atom stereocenters. The molecule has 7 nitrogen and oxygen atoms in total. The quantitative estimate of drug-likeness (QED) is 0.891. The molecular formula is C19H28N6O. The van der Waals surface area contributed by atoms with Crippen LogP contribution in [0.1, 0.15) is 52.1 Å². The van der Waals surface area contributed by atoms with Crippen LogP contribution in [0.5, 0.6) is 0 Å². The van der Waals surface area contributed by atoms with E-state index >= 15 is 0 Å². The highest BCUT2D eigenvalue weighted by atomic mass is 16.2. The molecule has 2 heterocycles. The van der Waals surface area contributed by atoms with Gasteiger partial charge in [-0.15, -0.1) is 5.10 Å². The number of hydrogen-bond acceptors (Lipinski definition) is 5. The molecule has 0 spiro atoms. The second-order valence-electron chi connectivity index (χ2n) is 7.77. The summed E-state index contributed by atoms with van der Waals surface area (Å²) in [6, 6.07) is 8.42. The Hall–Kier alpha value is -2.44. The molecule has 140 valence electrons. The topological polar surface area (TPSA) is 75.9 Å². The highest BCUT2D eigenvalue weighted by Crippen LogP contribution is 2.25. The number of amides is 1. The van der Waals surface area contributed by atoms with Crippen LogP contribution < -0.4 is 10.2 Å². The zero-order chi connectivity index (χ0) is 18.7. The predicted octanol–water partition coefficient (Wildman–Crippen LogP) is 2.52. The van der Waals surface area contributed by atoms with Gasteiger partial charge in [-0.1, -0.05) is 19.1 Å². The van der Waals surface area contributed by atoms with E-state index in [1.807, 2.05) is 6.92 Å². The molecule has 0 saturated carbocycles. The largest absolute Gasteiger partial charge is 0.372 e. The summed E-state index contributed by atoms with van der Waals surface area (Å²) in [5.74, 6) is 0.704. The summed E-state index contributed by atoms with van der Waals surface area (Å²) in [6.45, 7) is 10.1. The van der Waals surface area contributed by atoms with Gasteiger partial charge in [0.25, 0.3) is 0 Å². The zero-order valence-electron chi connectivity index (χ0n) is 16.0. The van der Waals surface area contributed by atoms with Crippen LogP contribution in [0.4, 0.5) is 5.69 Å². The van der Waals surface area contributed by atoms with Crippen molar-refractivity contribution in [3.05, 3.63) is 36.2 Å². The minimum absolute atomic E-state index is 0.0892. The van der Waals surface area contributed by atoms with Crippen molar-refractivity contribution in [3.8, 4) is 0 Å². The van der Waals surface area contributed by atoms with Crippen molar-refractivity contribution in [1.29, 1.82) is 0 Å². The number of piperidine rings is 1. The van der Waals surface area contributed by atoms with Gasteiger partial charge >= 0.3 is 0 Å². The van der Waals surface area contributed by atoms with Crippen molar-refractivity contribution in [2.45, 2.75) is 52.1 Å². The van der Waals surface area contributed by atoms with E-state index in [1.54, 1.807) is 13.8 Å². The number of carbonyl (C=O) groups excluding carboxylic acids is 1. The summed E-state index contributed by atoms with van der Waals surface area (Å²) in [7, 11) is 0. The average molecular weight is 356 g/mol. The van der Waals surface area contributed by atoms with Gasteiger partial charge in [-0.2, -0.15) is 0 Å². The molecule has 26 heavy (non-hydrogen) atoms. The Morgan fingerprint density at radius 2 is 1.88 bits per heavy atom. The highest BCUT2D eigenvalue weighted by molar-refractivity contribution is 5.83. The van der Waals surface area contributed by atoms with Gasteiger partial charge in [-0.3, -0.25) is 4.79 Å². The summed E-state index contributed by atoms with van der Waals surface area (Å²) in [5.41, 5.74) is 1.50. The van der Waals surface area contributed by atoms with Crippen molar-refractivity contribution < 1.29 is 4.79 Å². The van der Waals surface area contributed by atoms with Crippen molar-refractivity contribution in [2.75, 3.05) is 18.0 Å². The molecule has 1 N–H and O–H groups in total. The minimum atomic E-state index is -0.845. The van der Waals surface area contributed by atoms with Gasteiger partial charge in [0.1, 0.15) is 11.9 Å². The first-order valence-corrected chi connectivity index (χ1v) is 9.27. The van der Waals surface area contributed by atoms with Crippen molar-refractivity contribution >= 4 is 11.6 Å². The molecule has 2 aromatic rings. The first-order valence-electron chi connectivity index (χ1n) is 9.27. The van der Waals surface area contributed by atoms with E-state index in [1.165, 1.54) is 29.5 Å². The molecule has 1 saturated heterocycles. The molecule has 1 aromatic carbocycles. The first-order chi connectivity index (χ1) is 12.4. The van der Waals surface area contributed by atoms with Crippen LogP contribution in [0, 0.1) is 5.92 Å². The smallest absolute Gasteiger partial charge is 0.248 e. The Bertz CT molecular complexity index is 717. The first kappa shape index (κ1) is 18.4. The van der Waals surface area contributed by atoms with Gasteiger partial charge in [0.2, 0.25) is 5.91 Å². The van der Waals surface area contributed by atoms with Crippen LogP contribution in [0.2, 0.25) is 0 Å². The van der Waals surface area contributed by atoms with Crippen LogP contribution in [0.3, 0.4) is 0 Å². The number of aromatic nitrogens is 4. The Balaban J connectivity index is 1.63. The van der Waals surface area contributed by atoms with E-state index in [-0.39, 0.29) is 11.9 Å². The maximum Gasteiger partial charge on any atom is 0.248 e. The fraction of sp³-hybridized carbons (Fsp3) is 0.579. The molecule has 0 radical (unpaired) electrons.